The van der Waals surface area contributed by atoms with Crippen LogP contribution in [-0.4, -0.2) is 17.5 Å². The maximum atomic E-state index is 12.2. The first-order valence-corrected chi connectivity index (χ1v) is 7.32. The molecule has 2 heterocycles. The van der Waals surface area contributed by atoms with Gasteiger partial charge in [-0.15, -0.1) is 0 Å². The van der Waals surface area contributed by atoms with Crippen LogP contribution in [0.5, 0.6) is 5.75 Å². The number of rotatable bonds is 3. The van der Waals surface area contributed by atoms with Crippen LogP contribution in [0.3, 0.4) is 0 Å². The van der Waals surface area contributed by atoms with Crippen molar-refractivity contribution < 1.29 is 9.53 Å². The lowest BCUT2D eigenvalue weighted by molar-refractivity contribution is -0.117. The molecule has 0 saturated carbocycles. The fourth-order valence-corrected chi connectivity index (χ4v) is 2.46. The highest BCUT2D eigenvalue weighted by Crippen LogP contribution is 2.29. The Hall–Kier alpha value is -2.14. The first kappa shape index (κ1) is 13.8. The van der Waals surface area contributed by atoms with E-state index in [2.05, 4.69) is 26.2 Å². The van der Waals surface area contributed by atoms with Gasteiger partial charge in [-0.05, 0) is 35.9 Å². The zero-order valence-electron chi connectivity index (χ0n) is 11.2. The summed E-state index contributed by atoms with van der Waals surface area (Å²) in [6, 6.07) is 9.51. The number of hydrogen-bond acceptors (Lipinski definition) is 3. The van der Waals surface area contributed by atoms with Gasteiger partial charge >= 0.3 is 0 Å². The molecule has 0 spiro atoms. The Morgan fingerprint density at radius 3 is 3.10 bits per heavy atom. The third-order valence-corrected chi connectivity index (χ3v) is 3.65. The Bertz CT molecular complexity index is 699. The Labute approximate surface area is 131 Å². The molecule has 0 fully saturated rings. The number of nitrogens with one attached hydrogen (secondary N) is 1. The van der Waals surface area contributed by atoms with Gasteiger partial charge in [-0.1, -0.05) is 22.0 Å². The normalized spacial score (nSPS) is 12.9. The van der Waals surface area contributed by atoms with Crippen LogP contribution >= 0.6 is 15.9 Å². The highest BCUT2D eigenvalue weighted by Gasteiger charge is 2.17. The van der Waals surface area contributed by atoms with E-state index in [0.717, 1.165) is 21.3 Å². The maximum absolute atomic E-state index is 12.2. The van der Waals surface area contributed by atoms with Crippen molar-refractivity contribution in [3.63, 3.8) is 0 Å². The molecule has 1 aromatic heterocycles. The molecule has 0 bridgehead atoms. The molecule has 3 rings (SSSR count). The lowest BCUT2D eigenvalue weighted by Crippen LogP contribution is -2.28. The summed E-state index contributed by atoms with van der Waals surface area (Å²) in [6.07, 6.45) is 5.30. The molecule has 4 nitrogen and oxygen atoms in total. The first-order valence-electron chi connectivity index (χ1n) is 6.52. The molecular formula is C16H13BrN2O2. The van der Waals surface area contributed by atoms with Crippen LogP contribution in [-0.2, 0) is 11.3 Å². The van der Waals surface area contributed by atoms with Crippen molar-refractivity contribution in [2.45, 2.75) is 6.54 Å². The monoisotopic (exact) mass is 344 g/mol. The van der Waals surface area contributed by atoms with E-state index >= 15 is 0 Å². The predicted octanol–water partition coefficient (Wildman–Crippen LogP) is 2.94. The third-order valence-electron chi connectivity index (χ3n) is 3.15. The zero-order chi connectivity index (χ0) is 14.7. The molecule has 0 aliphatic carbocycles. The summed E-state index contributed by atoms with van der Waals surface area (Å²) in [5.74, 6) is 0.673. The summed E-state index contributed by atoms with van der Waals surface area (Å²) in [7, 11) is 0. The van der Waals surface area contributed by atoms with E-state index in [-0.39, 0.29) is 12.5 Å². The average molecular weight is 345 g/mol. The number of nitrogens with zero attached hydrogens (tertiary/aromatic N) is 1. The molecule has 1 aromatic carbocycles. The van der Waals surface area contributed by atoms with Crippen molar-refractivity contribution in [3.05, 3.63) is 63.9 Å². The molecule has 2 aromatic rings. The lowest BCUT2D eigenvalue weighted by Gasteiger charge is -2.17. The van der Waals surface area contributed by atoms with Gasteiger partial charge in [0.05, 0.1) is 5.57 Å². The topological polar surface area (TPSA) is 51.2 Å². The van der Waals surface area contributed by atoms with Gasteiger partial charge in [0, 0.05) is 29.0 Å². The summed E-state index contributed by atoms with van der Waals surface area (Å²) in [5.41, 5.74) is 2.48. The second kappa shape index (κ2) is 6.10. The molecule has 0 atom stereocenters. The number of carbonyl (C=O) groups is 1. The van der Waals surface area contributed by atoms with E-state index in [0.29, 0.717) is 12.1 Å². The van der Waals surface area contributed by atoms with Crippen LogP contribution in [0.15, 0.2) is 52.8 Å². The standard InChI is InChI=1S/C16H13BrN2O2/c17-14-3-4-15-12(7-14)6-13(10-21-15)16(20)19-9-11-2-1-5-18-8-11/h1-8H,9-10H2,(H,19,20). The van der Waals surface area contributed by atoms with Crippen LogP contribution in [0.4, 0.5) is 0 Å². The minimum atomic E-state index is -0.121. The predicted molar refractivity (Wildman–Crippen MR) is 83.7 cm³/mol. The van der Waals surface area contributed by atoms with Gasteiger partial charge in [0.1, 0.15) is 12.4 Å². The van der Waals surface area contributed by atoms with Crippen LogP contribution in [0.25, 0.3) is 6.08 Å². The Kier molecular flexibility index (Phi) is 4.01. The number of pyridine rings is 1. The smallest absolute Gasteiger partial charge is 0.250 e. The van der Waals surface area contributed by atoms with Crippen molar-refractivity contribution in [3.8, 4) is 5.75 Å². The van der Waals surface area contributed by atoms with Gasteiger partial charge in [-0.2, -0.15) is 0 Å². The number of halogens is 1. The SMILES string of the molecule is O=C(NCc1cccnc1)C1=Cc2cc(Br)ccc2OC1. The summed E-state index contributed by atoms with van der Waals surface area (Å²) in [5, 5.41) is 2.88. The van der Waals surface area contributed by atoms with E-state index in [9.17, 15) is 4.79 Å². The van der Waals surface area contributed by atoms with E-state index in [1.807, 2.05) is 36.4 Å². The molecule has 0 saturated heterocycles. The second-order valence-electron chi connectivity index (χ2n) is 4.68. The van der Waals surface area contributed by atoms with Gasteiger partial charge < -0.3 is 10.1 Å². The van der Waals surface area contributed by atoms with Crippen molar-refractivity contribution in [1.82, 2.24) is 10.3 Å². The van der Waals surface area contributed by atoms with Gasteiger partial charge in [0.15, 0.2) is 0 Å². The van der Waals surface area contributed by atoms with Crippen LogP contribution in [0.2, 0.25) is 0 Å². The molecule has 1 N–H and O–H groups in total. The molecule has 106 valence electrons. The second-order valence-corrected chi connectivity index (χ2v) is 5.60. The summed E-state index contributed by atoms with van der Waals surface area (Å²) < 4.78 is 6.56. The van der Waals surface area contributed by atoms with Crippen LogP contribution in [0.1, 0.15) is 11.1 Å². The molecular weight excluding hydrogens is 332 g/mol. The molecule has 1 aliphatic heterocycles. The minimum Gasteiger partial charge on any atom is -0.488 e. The van der Waals surface area contributed by atoms with E-state index in [1.165, 1.54) is 0 Å². The third kappa shape index (κ3) is 3.31. The minimum absolute atomic E-state index is 0.121. The van der Waals surface area contributed by atoms with Crippen LogP contribution < -0.4 is 10.1 Å². The Morgan fingerprint density at radius 2 is 2.29 bits per heavy atom. The number of ether oxygens (including phenoxy) is 1. The quantitative estimate of drug-likeness (QED) is 0.931. The zero-order valence-corrected chi connectivity index (χ0v) is 12.8. The summed E-state index contributed by atoms with van der Waals surface area (Å²) in [6.45, 7) is 0.739. The molecule has 1 aliphatic rings. The average Bonchev–Trinajstić information content (AvgIpc) is 2.53. The molecule has 21 heavy (non-hydrogen) atoms. The van der Waals surface area contributed by atoms with Gasteiger partial charge in [0.2, 0.25) is 0 Å². The first-order chi connectivity index (χ1) is 10.2. The number of carbonyl (C=O) groups excluding carboxylic acids is 1. The van der Waals surface area contributed by atoms with E-state index in [1.54, 1.807) is 12.4 Å². The molecule has 5 heteroatoms. The van der Waals surface area contributed by atoms with E-state index < -0.39 is 0 Å². The largest absolute Gasteiger partial charge is 0.488 e. The molecule has 0 radical (unpaired) electrons. The number of benzene rings is 1. The van der Waals surface area contributed by atoms with Crippen molar-refractivity contribution in [1.29, 1.82) is 0 Å². The molecule has 1 amide bonds. The van der Waals surface area contributed by atoms with Crippen molar-refractivity contribution in [2.75, 3.05) is 6.61 Å². The lowest BCUT2D eigenvalue weighted by atomic mass is 10.1. The van der Waals surface area contributed by atoms with Gasteiger partial charge in [-0.25, -0.2) is 0 Å². The summed E-state index contributed by atoms with van der Waals surface area (Å²) >= 11 is 3.42. The van der Waals surface area contributed by atoms with E-state index in [4.69, 9.17) is 4.74 Å². The maximum Gasteiger partial charge on any atom is 0.250 e. The van der Waals surface area contributed by atoms with Crippen molar-refractivity contribution in [2.24, 2.45) is 0 Å². The number of fused-ring (bicyclic) bond motifs is 1. The number of hydrogen-bond donors (Lipinski definition) is 1. The highest BCUT2D eigenvalue weighted by molar-refractivity contribution is 9.10. The Balaban J connectivity index is 1.71. The fourth-order valence-electron chi connectivity index (χ4n) is 2.08. The molecule has 0 unspecified atom stereocenters. The number of amides is 1. The summed E-state index contributed by atoms with van der Waals surface area (Å²) in [4.78, 5) is 16.2. The van der Waals surface area contributed by atoms with Gasteiger partial charge in [0.25, 0.3) is 5.91 Å². The van der Waals surface area contributed by atoms with Crippen LogP contribution in [0, 0.1) is 0 Å². The van der Waals surface area contributed by atoms with Gasteiger partial charge in [-0.3, -0.25) is 9.78 Å². The Morgan fingerprint density at radius 1 is 1.38 bits per heavy atom. The van der Waals surface area contributed by atoms with Crippen molar-refractivity contribution >= 4 is 27.9 Å². The number of aromatic nitrogens is 1. The highest BCUT2D eigenvalue weighted by atomic mass is 79.9. The fraction of sp³-hybridized carbons (Fsp3) is 0.125.